The van der Waals surface area contributed by atoms with Crippen LogP contribution in [-0.4, -0.2) is 30.9 Å². The number of aliphatic carboxylic acids is 1. The van der Waals surface area contributed by atoms with Crippen molar-refractivity contribution in [2.24, 2.45) is 5.92 Å². The highest BCUT2D eigenvalue weighted by Crippen LogP contribution is 2.84. The highest BCUT2D eigenvalue weighted by Gasteiger charge is 2.53. The zero-order valence-corrected chi connectivity index (χ0v) is 24.1. The first-order valence-electron chi connectivity index (χ1n) is 12.1. The molecule has 1 amide bonds. The number of amides is 1. The Hall–Kier alpha value is 1.04. The van der Waals surface area contributed by atoms with Crippen molar-refractivity contribution >= 4 is 76.6 Å². The molecule has 4 nitrogen and oxygen atoms in total. The van der Waals surface area contributed by atoms with E-state index in [4.69, 9.17) is 0 Å². The summed E-state index contributed by atoms with van der Waals surface area (Å²) in [5.41, 5.74) is 0. The maximum atomic E-state index is 12.0. The highest BCUT2D eigenvalue weighted by atomic mass is 33.2. The van der Waals surface area contributed by atoms with Crippen LogP contribution >= 0.6 is 64.8 Å². The second-order valence-corrected chi connectivity index (χ2v) is 18.0. The number of carbonyl (C=O) groups excluding carboxylic acids is 1. The molecule has 0 unspecified atom stereocenters. The Morgan fingerprint density at radius 3 is 1.91 bits per heavy atom. The zero-order valence-electron chi connectivity index (χ0n) is 19.2. The van der Waals surface area contributed by atoms with Gasteiger partial charge in [-0.3, -0.25) is 9.59 Å². The van der Waals surface area contributed by atoms with Gasteiger partial charge in [0.05, 0.1) is 10.5 Å². The molecule has 10 heteroatoms. The van der Waals surface area contributed by atoms with Gasteiger partial charge in [-0.1, -0.05) is 121 Å². The van der Waals surface area contributed by atoms with Gasteiger partial charge in [0.2, 0.25) is 5.91 Å². The predicted molar refractivity (Wildman–Crippen MR) is 151 cm³/mol. The molecule has 2 fully saturated rings. The van der Waals surface area contributed by atoms with E-state index in [1.807, 2.05) is 43.2 Å². The number of hydrogen-bond acceptors (Lipinski definition) is 8. The van der Waals surface area contributed by atoms with E-state index in [-0.39, 0.29) is 19.2 Å². The summed E-state index contributed by atoms with van der Waals surface area (Å²) in [6.07, 6.45) is 17.2. The van der Waals surface area contributed by atoms with Crippen molar-refractivity contribution in [3.8, 4) is 0 Å². The fourth-order valence-corrected chi connectivity index (χ4v) is 17.4. The molecule has 2 heterocycles. The fourth-order valence-electron chi connectivity index (χ4n) is 3.60. The number of rotatable bonds is 19. The molecule has 0 saturated carbocycles. The average Bonchev–Trinajstić information content (AvgIpc) is 3.54. The Kier molecular flexibility index (Phi) is 16.0. The van der Waals surface area contributed by atoms with Crippen LogP contribution in [0, 0.1) is 5.92 Å². The molecule has 0 aromatic carbocycles. The van der Waals surface area contributed by atoms with E-state index in [1.165, 1.54) is 57.8 Å². The van der Waals surface area contributed by atoms with E-state index in [9.17, 15) is 14.7 Å². The van der Waals surface area contributed by atoms with Gasteiger partial charge in [-0.2, -0.15) is 0 Å². The quantitative estimate of drug-likeness (QED) is 0.0921. The van der Waals surface area contributed by atoms with Gasteiger partial charge in [0.1, 0.15) is 0 Å². The molecule has 2 aliphatic heterocycles. The van der Waals surface area contributed by atoms with Crippen LogP contribution in [0.5, 0.6) is 0 Å². The minimum Gasteiger partial charge on any atom is -0.481 e. The third-order valence-corrected chi connectivity index (χ3v) is 19.5. The van der Waals surface area contributed by atoms with E-state index >= 15 is 0 Å². The molecule has 0 aromatic rings. The number of nitrogens with one attached hydrogen (secondary N) is 1. The summed E-state index contributed by atoms with van der Waals surface area (Å²) in [5.74, 6) is -0.862. The molecular formula is C22H39NO3S6. The maximum absolute atomic E-state index is 12.0. The lowest BCUT2D eigenvalue weighted by Crippen LogP contribution is -2.26. The molecule has 186 valence electrons. The van der Waals surface area contributed by atoms with Gasteiger partial charge in [-0.05, 0) is 40.9 Å². The zero-order chi connectivity index (χ0) is 23.1. The van der Waals surface area contributed by atoms with Crippen molar-refractivity contribution in [2.75, 3.05) is 6.54 Å². The molecule has 0 radical (unpaired) electrons. The Morgan fingerprint density at radius 1 is 0.812 bits per heavy atom. The summed E-state index contributed by atoms with van der Waals surface area (Å²) in [6.45, 7) is 2.92. The fraction of sp³-hybridized carbons (Fsp3) is 0.909. The average molecular weight is 558 g/mol. The number of carboxylic acids is 1. The van der Waals surface area contributed by atoms with Crippen LogP contribution in [0.1, 0.15) is 103 Å². The maximum Gasteiger partial charge on any atom is 0.308 e. The second-order valence-electron chi connectivity index (χ2n) is 8.47. The van der Waals surface area contributed by atoms with Gasteiger partial charge in [-0.15, -0.1) is 0 Å². The Morgan fingerprint density at radius 2 is 1.38 bits per heavy atom. The largest absolute Gasteiger partial charge is 0.481 e. The molecule has 0 bridgehead atoms. The molecule has 2 saturated heterocycles. The van der Waals surface area contributed by atoms with Crippen molar-refractivity contribution in [1.82, 2.24) is 5.32 Å². The first-order chi connectivity index (χ1) is 15.6. The van der Waals surface area contributed by atoms with Crippen molar-refractivity contribution in [1.29, 1.82) is 0 Å². The van der Waals surface area contributed by atoms with Crippen LogP contribution in [0.2, 0.25) is 0 Å². The van der Waals surface area contributed by atoms with E-state index in [0.29, 0.717) is 19.4 Å². The van der Waals surface area contributed by atoms with Gasteiger partial charge in [0.25, 0.3) is 0 Å². The Bertz CT molecular complexity index is 540. The summed E-state index contributed by atoms with van der Waals surface area (Å²) in [4.78, 5) is 23.7. The van der Waals surface area contributed by atoms with Crippen LogP contribution in [0.3, 0.4) is 0 Å². The van der Waals surface area contributed by atoms with Gasteiger partial charge < -0.3 is 10.4 Å². The minimum absolute atomic E-state index is 0.102. The lowest BCUT2D eigenvalue weighted by atomic mass is 10.0. The normalized spacial score (nSPS) is 18.5. The van der Waals surface area contributed by atoms with E-state index in [2.05, 4.69) is 12.2 Å². The van der Waals surface area contributed by atoms with Crippen molar-refractivity contribution in [3.63, 3.8) is 0 Å². The van der Waals surface area contributed by atoms with Crippen LogP contribution in [0.15, 0.2) is 0 Å². The second kappa shape index (κ2) is 17.5. The first kappa shape index (κ1) is 29.3. The molecule has 2 aliphatic rings. The molecule has 2 rings (SSSR count). The van der Waals surface area contributed by atoms with Crippen molar-refractivity contribution in [3.05, 3.63) is 0 Å². The molecule has 0 aliphatic carbocycles. The van der Waals surface area contributed by atoms with Crippen molar-refractivity contribution in [2.45, 2.75) is 111 Å². The number of carboxylic acid groups (broad SMARTS) is 1. The molecule has 32 heavy (non-hydrogen) atoms. The summed E-state index contributed by atoms with van der Waals surface area (Å²) < 4.78 is 0.318. The standard InChI is InChI=1S/C22H39NO3S6/c1-2-3-4-5-6-7-8-9-10-11-12-16-19(24)23-17-14-13-15-18(20(25)26)21-27-29-22(30-28-21)31-32-22/h18,21H,2-17H2,1H3,(H,23,24)(H,25,26)/t18-/m0/s1. The van der Waals surface area contributed by atoms with Gasteiger partial charge >= 0.3 is 5.97 Å². The third kappa shape index (κ3) is 12.7. The molecule has 2 N–H and O–H groups in total. The lowest BCUT2D eigenvalue weighted by molar-refractivity contribution is -0.141. The Labute approximate surface area is 218 Å². The van der Waals surface area contributed by atoms with Crippen LogP contribution < -0.4 is 5.32 Å². The summed E-state index contributed by atoms with van der Waals surface area (Å²) in [7, 11) is 10.8. The summed E-state index contributed by atoms with van der Waals surface area (Å²) in [5, 5.41) is 12.6. The van der Waals surface area contributed by atoms with E-state index in [0.717, 1.165) is 25.7 Å². The topological polar surface area (TPSA) is 66.4 Å². The summed E-state index contributed by atoms with van der Waals surface area (Å²) >= 11 is 0. The Balaban J connectivity index is 1.39. The highest BCUT2D eigenvalue weighted by molar-refractivity contribution is 9.14. The summed E-state index contributed by atoms with van der Waals surface area (Å²) in [6, 6.07) is 0. The lowest BCUT2D eigenvalue weighted by Gasteiger charge is -2.27. The van der Waals surface area contributed by atoms with E-state index < -0.39 is 5.97 Å². The van der Waals surface area contributed by atoms with Crippen molar-refractivity contribution < 1.29 is 14.7 Å². The number of unbranched alkanes of at least 4 members (excludes halogenated alkanes) is 11. The van der Waals surface area contributed by atoms with Gasteiger partial charge in [0, 0.05) is 13.0 Å². The van der Waals surface area contributed by atoms with Crippen LogP contribution in [0.4, 0.5) is 0 Å². The molecule has 0 aromatic heterocycles. The third-order valence-electron chi connectivity index (χ3n) is 5.63. The smallest absolute Gasteiger partial charge is 0.308 e. The van der Waals surface area contributed by atoms with Gasteiger partial charge in [-0.25, -0.2) is 0 Å². The number of hydrogen-bond donors (Lipinski definition) is 2. The van der Waals surface area contributed by atoms with Gasteiger partial charge in [0.15, 0.2) is 2.74 Å². The monoisotopic (exact) mass is 557 g/mol. The predicted octanol–water partition coefficient (Wildman–Crippen LogP) is 8.78. The van der Waals surface area contributed by atoms with E-state index in [1.54, 1.807) is 21.6 Å². The molecular weight excluding hydrogens is 519 g/mol. The minimum atomic E-state index is -0.691. The molecule has 1 spiro atoms. The first-order valence-corrected chi connectivity index (χ1v) is 18.7. The van der Waals surface area contributed by atoms with Crippen LogP contribution in [0.25, 0.3) is 0 Å². The van der Waals surface area contributed by atoms with Crippen LogP contribution in [-0.2, 0) is 9.59 Å². The number of carbonyl (C=O) groups is 2. The molecule has 1 atom stereocenters. The SMILES string of the molecule is CCCCCCCCCCCCCC(=O)NCCCC[C@@H](C(=O)O)C1SSC2(SS1)SS2.